The summed E-state index contributed by atoms with van der Waals surface area (Å²) in [7, 11) is 0. The summed E-state index contributed by atoms with van der Waals surface area (Å²) in [6, 6.07) is 7.26. The van der Waals surface area contributed by atoms with Crippen molar-refractivity contribution in [1.82, 2.24) is 19.9 Å². The molecule has 5 heterocycles. The van der Waals surface area contributed by atoms with Gasteiger partial charge in [0.1, 0.15) is 52.6 Å². The SMILES string of the molecule is C[C@@H](Nc1nc(OC[C@@]23CCCN2C[C@H](F)C3)nc2c(F)c(-c3ccc(F)c4sc(N)c(C#N)c34)c(Br)c(O)c12)c1cccnc1N. The number of nitrogens with one attached hydrogen (secondary N) is 1. The summed E-state index contributed by atoms with van der Waals surface area (Å²) in [5.74, 6) is -1.61. The molecule has 0 spiro atoms. The Balaban J connectivity index is 1.42. The molecule has 0 radical (unpaired) electrons. The third-order valence-electron chi connectivity index (χ3n) is 9.10. The second-order valence-electron chi connectivity index (χ2n) is 11.9. The van der Waals surface area contributed by atoms with Gasteiger partial charge >= 0.3 is 6.01 Å². The average Bonchev–Trinajstić information content (AvgIpc) is 3.69. The predicted molar refractivity (Wildman–Crippen MR) is 178 cm³/mol. The summed E-state index contributed by atoms with van der Waals surface area (Å²) in [6.45, 7) is 2.96. The first-order valence-corrected chi connectivity index (χ1v) is 16.5. The van der Waals surface area contributed by atoms with Crippen LogP contribution in [0.1, 0.15) is 43.4 Å². The first-order valence-electron chi connectivity index (χ1n) is 14.8. The van der Waals surface area contributed by atoms with Crippen molar-refractivity contribution in [3.63, 3.8) is 0 Å². The van der Waals surface area contributed by atoms with Gasteiger partial charge in [0.2, 0.25) is 0 Å². The highest BCUT2D eigenvalue weighted by Crippen LogP contribution is 2.50. The molecule has 3 atom stereocenters. The molecule has 0 aliphatic carbocycles. The number of nitrogens with two attached hydrogens (primary N) is 2. The van der Waals surface area contributed by atoms with Crippen LogP contribution in [0.15, 0.2) is 34.9 Å². The molecule has 0 amide bonds. The first kappa shape index (κ1) is 31.2. The number of nitriles is 1. The van der Waals surface area contributed by atoms with Gasteiger partial charge in [-0.2, -0.15) is 15.2 Å². The van der Waals surface area contributed by atoms with E-state index in [4.69, 9.17) is 16.2 Å². The Labute approximate surface area is 279 Å². The van der Waals surface area contributed by atoms with Gasteiger partial charge in [0.15, 0.2) is 5.82 Å². The van der Waals surface area contributed by atoms with Crippen molar-refractivity contribution in [2.24, 2.45) is 0 Å². The number of anilines is 3. The number of hydrogen-bond acceptors (Lipinski definition) is 11. The van der Waals surface area contributed by atoms with E-state index in [9.17, 15) is 19.1 Å². The fraction of sp³-hybridized carbons (Fsp3) is 0.312. The zero-order chi connectivity index (χ0) is 33.2. The van der Waals surface area contributed by atoms with Crippen molar-refractivity contribution in [3.05, 3.63) is 57.7 Å². The molecule has 242 valence electrons. The molecule has 0 unspecified atom stereocenters. The second-order valence-corrected chi connectivity index (χ2v) is 13.7. The highest BCUT2D eigenvalue weighted by Gasteiger charge is 2.49. The van der Waals surface area contributed by atoms with Gasteiger partial charge in [-0.15, -0.1) is 11.3 Å². The van der Waals surface area contributed by atoms with E-state index < -0.39 is 35.1 Å². The monoisotopic (exact) mass is 724 g/mol. The maximum absolute atomic E-state index is 17.0. The standard InChI is InChI=1S/C32H28BrF3N8O2S/c1-14(16-4-2-8-40-28(16)38)41-30-22-25(42-31(43-30)46-13-32-7-3-9-44(32)12-15(34)10-32)24(36)21(23(33)26(22)45)17-5-6-19(35)27-20(17)18(11-37)29(39)47-27/h2,4-6,8,14-15,45H,3,7,9-10,12-13,39H2,1H3,(H2,38,40)(H,41,42,43)/t14-,15-,32+/m1/s1. The lowest BCUT2D eigenvalue weighted by molar-refractivity contribution is 0.107. The largest absolute Gasteiger partial charge is 0.506 e. The van der Waals surface area contributed by atoms with Gasteiger partial charge in [0.05, 0.1) is 31.7 Å². The molecular weight excluding hydrogens is 697 g/mol. The van der Waals surface area contributed by atoms with Gasteiger partial charge in [0, 0.05) is 35.7 Å². The van der Waals surface area contributed by atoms with E-state index in [1.807, 2.05) is 6.07 Å². The molecule has 0 bridgehead atoms. The van der Waals surface area contributed by atoms with Gasteiger partial charge in [-0.05, 0) is 59.9 Å². The number of fused-ring (bicyclic) bond motifs is 3. The number of rotatable bonds is 7. The van der Waals surface area contributed by atoms with Gasteiger partial charge in [0.25, 0.3) is 0 Å². The number of aromatic nitrogens is 3. The first-order chi connectivity index (χ1) is 22.5. The second kappa shape index (κ2) is 11.7. The highest BCUT2D eigenvalue weighted by atomic mass is 79.9. The Hall–Kier alpha value is -4.39. The third-order valence-corrected chi connectivity index (χ3v) is 10.9. The maximum atomic E-state index is 17.0. The molecule has 2 aliphatic rings. The quantitative estimate of drug-likeness (QED) is 0.140. The third kappa shape index (κ3) is 5.06. The van der Waals surface area contributed by atoms with Gasteiger partial charge in [-0.3, -0.25) is 4.90 Å². The van der Waals surface area contributed by atoms with Crippen LogP contribution in [0.5, 0.6) is 11.8 Å². The molecule has 2 aliphatic heterocycles. The Morgan fingerprint density at radius 2 is 2.09 bits per heavy atom. The normalized spacial score (nSPS) is 20.0. The van der Waals surface area contributed by atoms with Gasteiger partial charge < -0.3 is 26.6 Å². The van der Waals surface area contributed by atoms with Crippen molar-refractivity contribution in [3.8, 4) is 29.0 Å². The molecule has 5 aromatic rings. The Kier molecular flexibility index (Phi) is 7.77. The number of aromatic hydroxyl groups is 1. The van der Waals surface area contributed by atoms with Crippen LogP contribution < -0.4 is 21.5 Å². The molecule has 2 saturated heterocycles. The smallest absolute Gasteiger partial charge is 0.319 e. The summed E-state index contributed by atoms with van der Waals surface area (Å²) in [4.78, 5) is 15.2. The van der Waals surface area contributed by atoms with Crippen molar-refractivity contribution < 1.29 is 23.0 Å². The minimum atomic E-state index is -0.981. The van der Waals surface area contributed by atoms with Gasteiger partial charge in [-0.1, -0.05) is 12.1 Å². The Bertz CT molecular complexity index is 2130. The number of benzene rings is 2. The highest BCUT2D eigenvalue weighted by molar-refractivity contribution is 9.10. The Morgan fingerprint density at radius 3 is 2.85 bits per heavy atom. The number of phenolic OH excluding ortho intramolecular Hbond substituents is 1. The van der Waals surface area contributed by atoms with E-state index in [1.165, 1.54) is 6.07 Å². The fourth-order valence-corrected chi connectivity index (χ4v) is 8.44. The van der Waals surface area contributed by atoms with Crippen LogP contribution in [-0.2, 0) is 0 Å². The molecular formula is C32H28BrF3N8O2S. The molecule has 15 heteroatoms. The average molecular weight is 726 g/mol. The Morgan fingerprint density at radius 1 is 1.28 bits per heavy atom. The number of pyridine rings is 1. The van der Waals surface area contributed by atoms with Crippen molar-refractivity contribution >= 4 is 64.9 Å². The summed E-state index contributed by atoms with van der Waals surface area (Å²) in [5, 5.41) is 24.8. The lowest BCUT2D eigenvalue weighted by atomic mass is 9.95. The summed E-state index contributed by atoms with van der Waals surface area (Å²) in [6.07, 6.45) is 2.52. The van der Waals surface area contributed by atoms with Crippen LogP contribution in [0, 0.1) is 23.0 Å². The van der Waals surface area contributed by atoms with Crippen LogP contribution >= 0.6 is 27.3 Å². The lowest BCUT2D eigenvalue weighted by Crippen LogP contribution is -2.43. The van der Waals surface area contributed by atoms with E-state index in [1.54, 1.807) is 25.3 Å². The molecule has 2 aromatic carbocycles. The minimum absolute atomic E-state index is 0.00885. The van der Waals surface area contributed by atoms with E-state index in [0.717, 1.165) is 36.8 Å². The number of thiophene rings is 1. The number of nitrogens with zero attached hydrogens (tertiary/aromatic N) is 5. The molecule has 2 fully saturated rings. The number of hydrogen-bond donors (Lipinski definition) is 4. The zero-order valence-electron chi connectivity index (χ0n) is 25.0. The van der Waals surface area contributed by atoms with E-state index in [-0.39, 0.29) is 71.4 Å². The maximum Gasteiger partial charge on any atom is 0.319 e. The molecule has 7 rings (SSSR count). The number of alkyl halides is 1. The number of ether oxygens (including phenoxy) is 1. The lowest BCUT2D eigenvalue weighted by Gasteiger charge is -2.31. The van der Waals surface area contributed by atoms with Crippen molar-refractivity contribution in [1.29, 1.82) is 5.26 Å². The van der Waals surface area contributed by atoms with Crippen LogP contribution in [0.3, 0.4) is 0 Å². The fourth-order valence-electron chi connectivity index (χ4n) is 6.91. The molecule has 47 heavy (non-hydrogen) atoms. The van der Waals surface area contributed by atoms with Crippen molar-refractivity contribution in [2.45, 2.75) is 43.9 Å². The topological polar surface area (TPSA) is 159 Å². The minimum Gasteiger partial charge on any atom is -0.506 e. The van der Waals surface area contributed by atoms with E-state index >= 15 is 4.39 Å². The number of phenols is 1. The molecule has 6 N–H and O–H groups in total. The van der Waals surface area contributed by atoms with Crippen LogP contribution in [0.25, 0.3) is 32.1 Å². The summed E-state index contributed by atoms with van der Waals surface area (Å²) < 4.78 is 52.4. The molecule has 10 nitrogen and oxygen atoms in total. The van der Waals surface area contributed by atoms with Gasteiger partial charge in [-0.25, -0.2) is 18.2 Å². The van der Waals surface area contributed by atoms with Crippen molar-refractivity contribution in [2.75, 3.05) is 36.5 Å². The molecule has 0 saturated carbocycles. The van der Waals surface area contributed by atoms with Crippen LogP contribution in [-0.4, -0.2) is 56.4 Å². The predicted octanol–water partition coefficient (Wildman–Crippen LogP) is 6.82. The van der Waals surface area contributed by atoms with E-state index in [2.05, 4.69) is 41.1 Å². The van der Waals surface area contributed by atoms with E-state index in [0.29, 0.717) is 18.5 Å². The summed E-state index contributed by atoms with van der Waals surface area (Å²) >= 11 is 4.23. The summed E-state index contributed by atoms with van der Waals surface area (Å²) in [5.41, 5.74) is 11.9. The van der Waals surface area contributed by atoms with Crippen LogP contribution in [0.4, 0.5) is 29.8 Å². The van der Waals surface area contributed by atoms with Crippen LogP contribution in [0.2, 0.25) is 0 Å². The number of nitrogen functional groups attached to an aromatic ring is 2. The molecule has 3 aromatic heterocycles. The zero-order valence-corrected chi connectivity index (χ0v) is 27.4. The number of halogens is 4.